The van der Waals surface area contributed by atoms with Gasteiger partial charge in [-0.2, -0.15) is 10.2 Å². The van der Waals surface area contributed by atoms with Gasteiger partial charge in [0.15, 0.2) is 11.6 Å². The number of primary amides is 1. The first kappa shape index (κ1) is 25.6. The highest BCUT2D eigenvalue weighted by Gasteiger charge is 2.24. The number of carbonyl (C=O) groups excluding carboxylic acids is 1. The van der Waals surface area contributed by atoms with Crippen molar-refractivity contribution in [1.29, 1.82) is 0 Å². The van der Waals surface area contributed by atoms with E-state index in [4.69, 9.17) is 10.5 Å². The van der Waals surface area contributed by atoms with E-state index in [1.165, 1.54) is 5.56 Å². The molecule has 13 nitrogen and oxygen atoms in total. The zero-order valence-corrected chi connectivity index (χ0v) is 22.3. The van der Waals surface area contributed by atoms with E-state index in [0.29, 0.717) is 47.1 Å². The van der Waals surface area contributed by atoms with Gasteiger partial charge in [0.1, 0.15) is 17.1 Å². The molecule has 0 aliphatic carbocycles. The number of benzene rings is 1. The number of aromatic amines is 1. The van der Waals surface area contributed by atoms with Crippen LogP contribution in [0.25, 0.3) is 28.6 Å². The molecule has 0 bridgehead atoms. The second-order valence-electron chi connectivity index (χ2n) is 9.90. The molecule has 0 spiro atoms. The highest BCUT2D eigenvalue weighted by molar-refractivity contribution is 5.92. The lowest BCUT2D eigenvalue weighted by molar-refractivity contribution is 0.0342. The quantitative estimate of drug-likeness (QED) is 0.265. The summed E-state index contributed by atoms with van der Waals surface area (Å²) >= 11 is 0. The van der Waals surface area contributed by atoms with Gasteiger partial charge in [-0.3, -0.25) is 28.9 Å². The Morgan fingerprint density at radius 1 is 1.12 bits per heavy atom. The Morgan fingerprint density at radius 2 is 1.88 bits per heavy atom. The van der Waals surface area contributed by atoms with Crippen molar-refractivity contribution < 1.29 is 14.6 Å². The van der Waals surface area contributed by atoms with Crippen molar-refractivity contribution in [2.24, 2.45) is 5.73 Å². The number of nitrogens with one attached hydrogen (secondary N) is 1. The van der Waals surface area contributed by atoms with Crippen LogP contribution in [0.15, 0.2) is 36.7 Å². The number of nitrogens with zero attached hydrogens (tertiary/aromatic N) is 8. The standard InChI is InChI=1S/C27H30N10O3/c1-16-14-36-20(13-29-16)21(30-27(36)24(28)39)25-31-26(33-32-25)22-23(38)17(2)34-37(22)8-7-18-3-5-19(6-4-18)15-35-9-11-40-12-10-35/h3-6,13-14,38H,7-12,15H2,1-2H3,(H2,28,39)(H,31,32,33). The van der Waals surface area contributed by atoms with E-state index in [0.717, 1.165) is 38.4 Å². The van der Waals surface area contributed by atoms with Crippen LogP contribution in [0.5, 0.6) is 5.75 Å². The molecule has 4 N–H and O–H groups in total. The number of imidazole rings is 1. The molecule has 1 aliphatic heterocycles. The van der Waals surface area contributed by atoms with E-state index >= 15 is 0 Å². The summed E-state index contributed by atoms with van der Waals surface area (Å²) in [5, 5.41) is 22.6. The molecule has 0 unspecified atom stereocenters. The fraction of sp³-hybridized carbons (Fsp3) is 0.333. The van der Waals surface area contributed by atoms with Crippen LogP contribution >= 0.6 is 0 Å². The van der Waals surface area contributed by atoms with Crippen LogP contribution in [0.2, 0.25) is 0 Å². The molecule has 1 amide bonds. The second kappa shape index (κ2) is 10.5. The number of morpholine rings is 1. The van der Waals surface area contributed by atoms with Crippen LogP contribution in [0, 0.1) is 13.8 Å². The lowest BCUT2D eigenvalue weighted by atomic mass is 10.1. The van der Waals surface area contributed by atoms with Crippen LogP contribution in [0.1, 0.15) is 33.1 Å². The number of hydrogen-bond acceptors (Lipinski definition) is 9. The molecule has 0 atom stereocenters. The highest BCUT2D eigenvalue weighted by atomic mass is 16.5. The molecule has 1 saturated heterocycles. The van der Waals surface area contributed by atoms with Crippen molar-refractivity contribution in [3.05, 3.63) is 65.0 Å². The predicted octanol–water partition coefficient (Wildman–Crippen LogP) is 1.87. The van der Waals surface area contributed by atoms with Gasteiger partial charge in [-0.1, -0.05) is 24.3 Å². The number of hydrogen-bond donors (Lipinski definition) is 3. The number of aromatic nitrogens is 8. The zero-order valence-electron chi connectivity index (χ0n) is 22.3. The summed E-state index contributed by atoms with van der Waals surface area (Å²) in [5.41, 5.74) is 10.5. The summed E-state index contributed by atoms with van der Waals surface area (Å²) in [6, 6.07) is 8.58. The summed E-state index contributed by atoms with van der Waals surface area (Å²) in [6.45, 7) is 8.46. The van der Waals surface area contributed by atoms with Crippen molar-refractivity contribution in [3.63, 3.8) is 0 Å². The van der Waals surface area contributed by atoms with E-state index in [1.807, 2.05) is 0 Å². The third-order valence-electron chi connectivity index (χ3n) is 7.04. The average molecular weight is 543 g/mol. The first-order valence-corrected chi connectivity index (χ1v) is 13.1. The summed E-state index contributed by atoms with van der Waals surface area (Å²) in [5.74, 6) is -0.0277. The molecule has 1 fully saturated rings. The third kappa shape index (κ3) is 4.92. The summed E-state index contributed by atoms with van der Waals surface area (Å²) in [6.07, 6.45) is 3.99. The normalized spacial score (nSPS) is 14.2. The molecule has 6 rings (SSSR count). The highest BCUT2D eigenvalue weighted by Crippen LogP contribution is 2.32. The minimum atomic E-state index is -0.678. The average Bonchev–Trinajstić information content (AvgIpc) is 3.64. The Bertz CT molecular complexity index is 1680. The van der Waals surface area contributed by atoms with Crippen molar-refractivity contribution in [1.82, 2.24) is 44.2 Å². The van der Waals surface area contributed by atoms with E-state index in [9.17, 15) is 9.90 Å². The van der Waals surface area contributed by atoms with Gasteiger partial charge in [0.05, 0.1) is 30.6 Å². The van der Waals surface area contributed by atoms with Crippen molar-refractivity contribution in [3.8, 4) is 28.8 Å². The number of amides is 1. The first-order chi connectivity index (χ1) is 19.4. The Kier molecular flexibility index (Phi) is 6.74. The summed E-state index contributed by atoms with van der Waals surface area (Å²) < 4.78 is 8.74. The number of carbonyl (C=O) groups is 1. The molecule has 13 heteroatoms. The summed E-state index contributed by atoms with van der Waals surface area (Å²) in [4.78, 5) is 27.7. The Labute approximate surface area is 229 Å². The molecular weight excluding hydrogens is 512 g/mol. The number of aryl methyl sites for hydroxylation is 4. The molecule has 0 radical (unpaired) electrons. The predicted molar refractivity (Wildman–Crippen MR) is 145 cm³/mol. The van der Waals surface area contributed by atoms with Gasteiger partial charge >= 0.3 is 0 Å². The van der Waals surface area contributed by atoms with Crippen LogP contribution in [-0.2, 0) is 24.2 Å². The number of fused-ring (bicyclic) bond motifs is 1. The Morgan fingerprint density at radius 3 is 2.62 bits per heavy atom. The van der Waals surface area contributed by atoms with Gasteiger partial charge in [0.25, 0.3) is 5.91 Å². The Balaban J connectivity index is 1.23. The number of aromatic hydroxyl groups is 1. The van der Waals surface area contributed by atoms with Crippen molar-refractivity contribution in [2.75, 3.05) is 26.3 Å². The SMILES string of the molecule is Cc1cn2c(C(N)=O)nc(-c3n[nH]c(-c4c(O)c(C)nn4CCc4ccc(CN5CCOCC5)cc4)n3)c2cn1. The van der Waals surface area contributed by atoms with Gasteiger partial charge in [-0.15, -0.1) is 0 Å². The van der Waals surface area contributed by atoms with Gasteiger partial charge in [-0.25, -0.2) is 9.97 Å². The molecule has 40 heavy (non-hydrogen) atoms. The number of H-pyrrole nitrogens is 1. The maximum absolute atomic E-state index is 12.0. The van der Waals surface area contributed by atoms with Crippen molar-refractivity contribution >= 4 is 11.4 Å². The molecule has 0 saturated carbocycles. The number of nitrogens with two attached hydrogens (primary N) is 1. The number of rotatable bonds is 8. The van der Waals surface area contributed by atoms with Crippen LogP contribution < -0.4 is 5.73 Å². The van der Waals surface area contributed by atoms with Gasteiger partial charge < -0.3 is 15.6 Å². The first-order valence-electron chi connectivity index (χ1n) is 13.1. The van der Waals surface area contributed by atoms with E-state index < -0.39 is 5.91 Å². The minimum Gasteiger partial charge on any atom is -0.504 e. The molecule has 5 heterocycles. The minimum absolute atomic E-state index is 0.0216. The van der Waals surface area contributed by atoms with Gasteiger partial charge in [-0.05, 0) is 31.4 Å². The fourth-order valence-corrected chi connectivity index (χ4v) is 4.93. The largest absolute Gasteiger partial charge is 0.504 e. The maximum atomic E-state index is 12.0. The van der Waals surface area contributed by atoms with Crippen LogP contribution in [0.4, 0.5) is 0 Å². The smallest absolute Gasteiger partial charge is 0.285 e. The van der Waals surface area contributed by atoms with Crippen LogP contribution in [-0.4, -0.2) is 81.5 Å². The molecular formula is C27H30N10O3. The topological polar surface area (TPSA) is 165 Å². The lowest BCUT2D eigenvalue weighted by Gasteiger charge is -2.26. The van der Waals surface area contributed by atoms with Crippen LogP contribution in [0.3, 0.4) is 0 Å². The molecule has 1 aromatic carbocycles. The van der Waals surface area contributed by atoms with Gasteiger partial charge in [0.2, 0.25) is 11.6 Å². The fourth-order valence-electron chi connectivity index (χ4n) is 4.93. The number of ether oxygens (including phenoxy) is 1. The molecule has 206 valence electrons. The monoisotopic (exact) mass is 542 g/mol. The second-order valence-corrected chi connectivity index (χ2v) is 9.90. The molecule has 1 aliphatic rings. The third-order valence-corrected chi connectivity index (χ3v) is 7.04. The summed E-state index contributed by atoms with van der Waals surface area (Å²) in [7, 11) is 0. The lowest BCUT2D eigenvalue weighted by Crippen LogP contribution is -2.35. The van der Waals surface area contributed by atoms with E-state index in [1.54, 1.807) is 35.3 Å². The molecule has 4 aromatic heterocycles. The van der Waals surface area contributed by atoms with Crippen molar-refractivity contribution in [2.45, 2.75) is 33.4 Å². The van der Waals surface area contributed by atoms with E-state index in [-0.39, 0.29) is 17.4 Å². The maximum Gasteiger partial charge on any atom is 0.285 e. The van der Waals surface area contributed by atoms with Gasteiger partial charge in [0, 0.05) is 32.4 Å². The Hall–Kier alpha value is -4.62. The van der Waals surface area contributed by atoms with E-state index in [2.05, 4.69) is 59.4 Å². The zero-order chi connectivity index (χ0) is 27.8. The molecule has 5 aromatic rings.